The third-order valence-corrected chi connectivity index (χ3v) is 3.37. The highest BCUT2D eigenvalue weighted by molar-refractivity contribution is 7.12. The van der Waals surface area contributed by atoms with Crippen molar-refractivity contribution in [2.75, 3.05) is 6.61 Å². The van der Waals surface area contributed by atoms with Crippen molar-refractivity contribution >= 4 is 11.3 Å². The fraction of sp³-hybridized carbons (Fsp3) is 0.308. The van der Waals surface area contributed by atoms with Gasteiger partial charge in [-0.1, -0.05) is 11.8 Å². The maximum Gasteiger partial charge on any atom is 0.419 e. The lowest BCUT2D eigenvalue weighted by molar-refractivity contribution is -0.137. The molecule has 0 amide bonds. The highest BCUT2D eigenvalue weighted by atomic mass is 32.1. The molecule has 0 radical (unpaired) electrons. The van der Waals surface area contributed by atoms with E-state index < -0.39 is 11.7 Å². The van der Waals surface area contributed by atoms with Gasteiger partial charge in [-0.25, -0.2) is 0 Å². The molecular formula is C13H11F3N2OS. The highest BCUT2D eigenvalue weighted by Crippen LogP contribution is 2.28. The summed E-state index contributed by atoms with van der Waals surface area (Å²) in [5.74, 6) is 5.67. The molecule has 0 aliphatic rings. The number of aliphatic hydroxyl groups is 1. The Morgan fingerprint density at radius 2 is 2.15 bits per heavy atom. The second-order valence-corrected chi connectivity index (χ2v) is 5.13. The fourth-order valence-corrected chi connectivity index (χ4v) is 2.37. The molecule has 0 saturated carbocycles. The summed E-state index contributed by atoms with van der Waals surface area (Å²) in [5, 5.41) is 12.3. The van der Waals surface area contributed by atoms with E-state index in [-0.39, 0.29) is 13.2 Å². The van der Waals surface area contributed by atoms with Crippen LogP contribution in [0.3, 0.4) is 0 Å². The standard InChI is InChI=1S/C13H11F3N2OS/c14-13(15,16)10-7-17-18(8-10)9-12-5-4-11(20-12)3-1-2-6-19/h4-5,7-8,19H,2,6,9H2. The molecule has 0 aliphatic heterocycles. The van der Waals surface area contributed by atoms with Gasteiger partial charge < -0.3 is 5.11 Å². The number of aliphatic hydroxyl groups excluding tert-OH is 1. The van der Waals surface area contributed by atoms with E-state index >= 15 is 0 Å². The molecule has 2 aromatic heterocycles. The Bertz CT molecular complexity index is 634. The van der Waals surface area contributed by atoms with Crippen LogP contribution >= 0.6 is 11.3 Å². The number of alkyl halides is 3. The minimum Gasteiger partial charge on any atom is -0.395 e. The summed E-state index contributed by atoms with van der Waals surface area (Å²) in [6.07, 6.45) is -2.16. The summed E-state index contributed by atoms with van der Waals surface area (Å²) >= 11 is 1.40. The molecule has 2 rings (SSSR count). The molecule has 1 N–H and O–H groups in total. The third kappa shape index (κ3) is 3.85. The van der Waals surface area contributed by atoms with Gasteiger partial charge in [0.2, 0.25) is 0 Å². The van der Waals surface area contributed by atoms with Crippen LogP contribution in [-0.2, 0) is 12.7 Å². The Morgan fingerprint density at radius 1 is 1.35 bits per heavy atom. The minimum atomic E-state index is -4.37. The van der Waals surface area contributed by atoms with Crippen molar-refractivity contribution in [1.82, 2.24) is 9.78 Å². The lowest BCUT2D eigenvalue weighted by Gasteiger charge is -2.01. The van der Waals surface area contributed by atoms with Crippen LogP contribution in [0.5, 0.6) is 0 Å². The predicted octanol–water partition coefficient (Wildman–Crippen LogP) is 2.75. The fourth-order valence-electron chi connectivity index (χ4n) is 1.49. The van der Waals surface area contributed by atoms with Gasteiger partial charge >= 0.3 is 6.18 Å². The van der Waals surface area contributed by atoms with Crippen LogP contribution in [0.1, 0.15) is 21.7 Å². The second-order valence-electron chi connectivity index (χ2n) is 3.97. The summed E-state index contributed by atoms with van der Waals surface area (Å²) in [4.78, 5) is 1.69. The van der Waals surface area contributed by atoms with E-state index in [4.69, 9.17) is 5.11 Å². The van der Waals surface area contributed by atoms with Gasteiger partial charge in [-0.05, 0) is 12.1 Å². The molecular weight excluding hydrogens is 289 g/mol. The van der Waals surface area contributed by atoms with E-state index in [2.05, 4.69) is 16.9 Å². The zero-order valence-corrected chi connectivity index (χ0v) is 11.1. The molecule has 20 heavy (non-hydrogen) atoms. The van der Waals surface area contributed by atoms with Gasteiger partial charge in [0, 0.05) is 17.5 Å². The van der Waals surface area contributed by atoms with E-state index in [9.17, 15) is 13.2 Å². The zero-order valence-electron chi connectivity index (χ0n) is 10.3. The van der Waals surface area contributed by atoms with Crippen molar-refractivity contribution < 1.29 is 18.3 Å². The zero-order chi connectivity index (χ0) is 14.6. The van der Waals surface area contributed by atoms with Gasteiger partial charge in [0.1, 0.15) is 0 Å². The summed E-state index contributed by atoms with van der Waals surface area (Å²) in [6.45, 7) is 0.293. The largest absolute Gasteiger partial charge is 0.419 e. The van der Waals surface area contributed by atoms with E-state index in [1.54, 1.807) is 6.07 Å². The van der Waals surface area contributed by atoms with E-state index in [1.807, 2.05) is 6.07 Å². The topological polar surface area (TPSA) is 38.0 Å². The van der Waals surface area contributed by atoms with E-state index in [0.717, 1.165) is 22.1 Å². The highest BCUT2D eigenvalue weighted by Gasteiger charge is 2.32. The summed E-state index contributed by atoms with van der Waals surface area (Å²) in [5.41, 5.74) is -0.753. The molecule has 0 spiro atoms. The average molecular weight is 300 g/mol. The maximum atomic E-state index is 12.4. The molecule has 7 heteroatoms. The number of nitrogens with zero attached hydrogens (tertiary/aromatic N) is 2. The van der Waals surface area contributed by atoms with Crippen molar-refractivity contribution in [1.29, 1.82) is 0 Å². The predicted molar refractivity (Wildman–Crippen MR) is 69.2 cm³/mol. The molecule has 0 aliphatic carbocycles. The third-order valence-electron chi connectivity index (χ3n) is 2.39. The molecule has 2 heterocycles. The van der Waals surface area contributed by atoms with Crippen LogP contribution in [0, 0.1) is 11.8 Å². The van der Waals surface area contributed by atoms with Crippen molar-refractivity contribution in [2.24, 2.45) is 0 Å². The number of rotatable bonds is 3. The molecule has 0 aromatic carbocycles. The first-order chi connectivity index (χ1) is 9.49. The van der Waals surface area contributed by atoms with Crippen LogP contribution in [0.15, 0.2) is 24.5 Å². The van der Waals surface area contributed by atoms with Crippen LogP contribution < -0.4 is 0 Å². The number of aromatic nitrogens is 2. The second kappa shape index (κ2) is 6.11. The van der Waals surface area contributed by atoms with Crippen molar-refractivity contribution in [3.05, 3.63) is 39.8 Å². The van der Waals surface area contributed by atoms with Gasteiger partial charge in [0.05, 0.1) is 29.8 Å². The summed E-state index contributed by atoms with van der Waals surface area (Å²) < 4.78 is 38.5. The van der Waals surface area contributed by atoms with Crippen LogP contribution in [0.4, 0.5) is 13.2 Å². The minimum absolute atomic E-state index is 0.0126. The first-order valence-corrected chi connectivity index (χ1v) is 6.59. The summed E-state index contributed by atoms with van der Waals surface area (Å²) in [6, 6.07) is 3.61. The van der Waals surface area contributed by atoms with Gasteiger partial charge in [0.15, 0.2) is 0 Å². The Morgan fingerprint density at radius 3 is 2.80 bits per heavy atom. The number of hydrogen-bond donors (Lipinski definition) is 1. The van der Waals surface area contributed by atoms with E-state index in [1.165, 1.54) is 16.0 Å². The van der Waals surface area contributed by atoms with Gasteiger partial charge in [0.25, 0.3) is 0 Å². The monoisotopic (exact) mass is 300 g/mol. The van der Waals surface area contributed by atoms with Gasteiger partial charge in [-0.2, -0.15) is 18.3 Å². The molecule has 2 aromatic rings. The van der Waals surface area contributed by atoms with Crippen molar-refractivity contribution in [2.45, 2.75) is 19.1 Å². The molecule has 106 valence electrons. The molecule has 3 nitrogen and oxygen atoms in total. The van der Waals surface area contributed by atoms with Crippen molar-refractivity contribution in [3.8, 4) is 11.8 Å². The summed E-state index contributed by atoms with van der Waals surface area (Å²) in [7, 11) is 0. The van der Waals surface area contributed by atoms with E-state index in [0.29, 0.717) is 6.42 Å². The normalized spacial score (nSPS) is 11.2. The Labute approximate surface area is 117 Å². The molecule has 0 saturated heterocycles. The lowest BCUT2D eigenvalue weighted by Crippen LogP contribution is -2.03. The Hall–Kier alpha value is -1.78. The molecule has 0 fully saturated rings. The van der Waals surface area contributed by atoms with Gasteiger partial charge in [-0.3, -0.25) is 4.68 Å². The number of halogens is 3. The smallest absolute Gasteiger partial charge is 0.395 e. The first kappa shape index (κ1) is 14.6. The van der Waals surface area contributed by atoms with Crippen molar-refractivity contribution in [3.63, 3.8) is 0 Å². The number of thiophene rings is 1. The van der Waals surface area contributed by atoms with Crippen LogP contribution in [-0.4, -0.2) is 21.5 Å². The van der Waals surface area contributed by atoms with Crippen LogP contribution in [0.2, 0.25) is 0 Å². The SMILES string of the molecule is OCCC#Cc1ccc(Cn2cc(C(F)(F)F)cn2)s1. The lowest BCUT2D eigenvalue weighted by atomic mass is 10.3. The Balaban J connectivity index is 2.04. The molecule has 0 unspecified atom stereocenters. The maximum absolute atomic E-state index is 12.4. The van der Waals surface area contributed by atoms with Gasteiger partial charge in [-0.15, -0.1) is 11.3 Å². The first-order valence-electron chi connectivity index (χ1n) is 5.77. The quantitative estimate of drug-likeness (QED) is 0.885. The molecule has 0 atom stereocenters. The number of hydrogen-bond acceptors (Lipinski definition) is 3. The Kier molecular flexibility index (Phi) is 4.47. The average Bonchev–Trinajstić information content (AvgIpc) is 2.99. The molecule has 0 bridgehead atoms. The van der Waals surface area contributed by atoms with Crippen LogP contribution in [0.25, 0.3) is 0 Å².